The summed E-state index contributed by atoms with van der Waals surface area (Å²) in [6, 6.07) is 20.4. The number of carbonyl (C=O) groups is 2. The molecule has 3 saturated heterocycles. The number of morpholine rings is 1. The summed E-state index contributed by atoms with van der Waals surface area (Å²) < 4.78 is 5.42. The molecule has 0 N–H and O–H groups in total. The molecule has 0 radical (unpaired) electrons. The number of hydroxylamine groups is 1. The number of benzene rings is 2. The van der Waals surface area contributed by atoms with E-state index in [-0.39, 0.29) is 11.8 Å². The summed E-state index contributed by atoms with van der Waals surface area (Å²) in [5.74, 6) is -1.25. The number of carbonyl (C=O) groups excluding carboxylic acids is 2. The average Bonchev–Trinajstić information content (AvgIpc) is 3.41. The zero-order valence-electron chi connectivity index (χ0n) is 18.5. The van der Waals surface area contributed by atoms with Gasteiger partial charge in [-0.15, -0.1) is 0 Å². The van der Waals surface area contributed by atoms with Gasteiger partial charge in [0, 0.05) is 31.2 Å². The third-order valence-electron chi connectivity index (χ3n) is 6.66. The second kappa shape index (κ2) is 8.55. The van der Waals surface area contributed by atoms with Gasteiger partial charge in [-0.05, 0) is 54.1 Å². The van der Waals surface area contributed by atoms with Crippen molar-refractivity contribution >= 4 is 28.9 Å². The molecular formula is C26H24N4O4. The molecule has 1 aromatic heterocycles. The molecule has 3 aromatic rings. The fourth-order valence-electron chi connectivity index (χ4n) is 5.00. The predicted octanol–water partition coefficient (Wildman–Crippen LogP) is 2.97. The number of imide groups is 1. The summed E-state index contributed by atoms with van der Waals surface area (Å²) in [6.45, 7) is 3.03. The number of para-hydroxylation sites is 1. The third kappa shape index (κ3) is 3.43. The average molecular weight is 457 g/mol. The molecule has 2 aromatic carbocycles. The van der Waals surface area contributed by atoms with E-state index in [9.17, 15) is 9.59 Å². The summed E-state index contributed by atoms with van der Waals surface area (Å²) in [4.78, 5) is 40.9. The molecule has 172 valence electrons. The van der Waals surface area contributed by atoms with Gasteiger partial charge in [0.05, 0.1) is 30.6 Å². The highest BCUT2D eigenvalue weighted by Gasteiger charge is 2.60. The number of ether oxygens (including phenoxy) is 1. The predicted molar refractivity (Wildman–Crippen MR) is 126 cm³/mol. The number of hydrogen-bond acceptors (Lipinski definition) is 7. The number of nitrogens with zero attached hydrogens (tertiary/aromatic N) is 4. The van der Waals surface area contributed by atoms with Crippen molar-refractivity contribution < 1.29 is 19.2 Å². The Bertz CT molecular complexity index is 1180. The Morgan fingerprint density at radius 3 is 2.15 bits per heavy atom. The molecule has 0 saturated carbocycles. The van der Waals surface area contributed by atoms with Gasteiger partial charge in [0.25, 0.3) is 5.91 Å². The Hall–Kier alpha value is -3.75. The van der Waals surface area contributed by atoms with E-state index < -0.39 is 18.1 Å². The van der Waals surface area contributed by atoms with E-state index in [1.54, 1.807) is 17.5 Å². The second-order valence-corrected chi connectivity index (χ2v) is 8.57. The SMILES string of the molecule is O=C1[C@H]2[C@@H](ON(c3ccccc3)[C@H]2c2ccncc2)C(=O)N1c1ccc(N2CCOCC2)cc1. The quantitative estimate of drug-likeness (QED) is 0.559. The number of anilines is 3. The zero-order chi connectivity index (χ0) is 23.1. The van der Waals surface area contributed by atoms with Crippen LogP contribution in [0.5, 0.6) is 0 Å². The monoisotopic (exact) mass is 456 g/mol. The van der Waals surface area contributed by atoms with Crippen molar-refractivity contribution in [3.8, 4) is 0 Å². The highest BCUT2D eigenvalue weighted by atomic mass is 16.7. The van der Waals surface area contributed by atoms with Gasteiger partial charge < -0.3 is 9.64 Å². The first-order valence-electron chi connectivity index (χ1n) is 11.4. The third-order valence-corrected chi connectivity index (χ3v) is 6.66. The first kappa shape index (κ1) is 20.8. The highest BCUT2D eigenvalue weighted by Crippen LogP contribution is 2.47. The molecule has 4 heterocycles. The topological polar surface area (TPSA) is 75.2 Å². The second-order valence-electron chi connectivity index (χ2n) is 8.57. The Morgan fingerprint density at radius 2 is 1.44 bits per heavy atom. The Kier molecular flexibility index (Phi) is 5.24. The normalized spacial score (nSPS) is 24.6. The minimum Gasteiger partial charge on any atom is -0.378 e. The van der Waals surface area contributed by atoms with Crippen molar-refractivity contribution in [3.63, 3.8) is 0 Å². The molecule has 6 rings (SSSR count). The number of aromatic nitrogens is 1. The van der Waals surface area contributed by atoms with Crippen LogP contribution >= 0.6 is 0 Å². The molecule has 0 spiro atoms. The van der Waals surface area contributed by atoms with E-state index in [2.05, 4.69) is 9.88 Å². The van der Waals surface area contributed by atoms with Crippen LogP contribution in [-0.4, -0.2) is 49.2 Å². The smallest absolute Gasteiger partial charge is 0.266 e. The van der Waals surface area contributed by atoms with Crippen molar-refractivity contribution in [2.75, 3.05) is 41.2 Å². The minimum atomic E-state index is -0.884. The molecule has 8 heteroatoms. The molecule has 3 aliphatic rings. The summed E-state index contributed by atoms with van der Waals surface area (Å²) >= 11 is 0. The molecule has 0 bridgehead atoms. The molecule has 8 nitrogen and oxygen atoms in total. The van der Waals surface area contributed by atoms with Gasteiger partial charge in [0.1, 0.15) is 5.92 Å². The summed E-state index contributed by atoms with van der Waals surface area (Å²) in [5.41, 5.74) is 3.27. The molecule has 0 aliphatic carbocycles. The van der Waals surface area contributed by atoms with Gasteiger partial charge in [-0.2, -0.15) is 0 Å². The maximum Gasteiger partial charge on any atom is 0.266 e. The van der Waals surface area contributed by atoms with E-state index in [1.165, 1.54) is 4.90 Å². The van der Waals surface area contributed by atoms with Gasteiger partial charge in [-0.3, -0.25) is 19.4 Å². The van der Waals surface area contributed by atoms with Crippen molar-refractivity contribution in [2.24, 2.45) is 5.92 Å². The van der Waals surface area contributed by atoms with Crippen LogP contribution in [0.25, 0.3) is 0 Å². The van der Waals surface area contributed by atoms with Crippen LogP contribution in [0.2, 0.25) is 0 Å². The zero-order valence-corrected chi connectivity index (χ0v) is 18.5. The van der Waals surface area contributed by atoms with Crippen molar-refractivity contribution in [1.29, 1.82) is 0 Å². The molecule has 3 atom stereocenters. The Balaban J connectivity index is 1.32. The van der Waals surface area contributed by atoms with Crippen molar-refractivity contribution in [2.45, 2.75) is 12.1 Å². The van der Waals surface area contributed by atoms with E-state index in [4.69, 9.17) is 9.57 Å². The van der Waals surface area contributed by atoms with Crippen LogP contribution in [0.4, 0.5) is 17.1 Å². The molecule has 3 aliphatic heterocycles. The Morgan fingerprint density at radius 1 is 0.765 bits per heavy atom. The van der Waals surface area contributed by atoms with Crippen molar-refractivity contribution in [1.82, 2.24) is 4.98 Å². The summed E-state index contributed by atoms with van der Waals surface area (Å²) in [5, 5.41) is 1.69. The van der Waals surface area contributed by atoms with Crippen LogP contribution in [0.1, 0.15) is 11.6 Å². The van der Waals surface area contributed by atoms with Crippen LogP contribution in [0.15, 0.2) is 79.1 Å². The van der Waals surface area contributed by atoms with Gasteiger partial charge in [-0.25, -0.2) is 9.96 Å². The van der Waals surface area contributed by atoms with E-state index in [0.29, 0.717) is 18.9 Å². The lowest BCUT2D eigenvalue weighted by Gasteiger charge is -2.30. The molecule has 3 fully saturated rings. The molecule has 34 heavy (non-hydrogen) atoms. The number of pyridine rings is 1. The van der Waals surface area contributed by atoms with Gasteiger partial charge in [0.15, 0.2) is 6.10 Å². The van der Waals surface area contributed by atoms with Gasteiger partial charge in [0.2, 0.25) is 5.91 Å². The lowest BCUT2D eigenvalue weighted by Crippen LogP contribution is -2.38. The molecule has 0 unspecified atom stereocenters. The minimum absolute atomic E-state index is 0.255. The first-order valence-corrected chi connectivity index (χ1v) is 11.4. The fourth-order valence-corrected chi connectivity index (χ4v) is 5.00. The lowest BCUT2D eigenvalue weighted by molar-refractivity contribution is -0.126. The van der Waals surface area contributed by atoms with Crippen LogP contribution in [0.3, 0.4) is 0 Å². The van der Waals surface area contributed by atoms with Crippen molar-refractivity contribution in [3.05, 3.63) is 84.7 Å². The van der Waals surface area contributed by atoms with E-state index in [0.717, 1.165) is 30.0 Å². The maximum atomic E-state index is 13.7. The first-order chi connectivity index (χ1) is 16.7. The highest BCUT2D eigenvalue weighted by molar-refractivity contribution is 6.24. The van der Waals surface area contributed by atoms with Crippen LogP contribution in [0, 0.1) is 5.92 Å². The van der Waals surface area contributed by atoms with E-state index >= 15 is 0 Å². The lowest BCUT2D eigenvalue weighted by atomic mass is 9.91. The largest absolute Gasteiger partial charge is 0.378 e. The number of rotatable bonds is 4. The molecule has 2 amide bonds. The summed E-state index contributed by atoms with van der Waals surface area (Å²) in [7, 11) is 0. The standard InChI is InChI=1S/C26H24N4O4/c31-25-22-23(18-10-12-27-13-11-18)30(21-4-2-1-3-5-21)34-24(22)26(32)29(25)20-8-6-19(7-9-20)28-14-16-33-17-15-28/h1-13,22-24H,14-17H2/t22-,23+,24-/m1/s1. The number of hydrogen-bond donors (Lipinski definition) is 0. The van der Waals surface area contributed by atoms with Gasteiger partial charge >= 0.3 is 0 Å². The van der Waals surface area contributed by atoms with Crippen LogP contribution < -0.4 is 14.9 Å². The number of amides is 2. The summed E-state index contributed by atoms with van der Waals surface area (Å²) in [6.07, 6.45) is 2.49. The number of fused-ring (bicyclic) bond motifs is 1. The maximum absolute atomic E-state index is 13.7. The fraction of sp³-hybridized carbons (Fsp3) is 0.269. The molecular weight excluding hydrogens is 432 g/mol. The Labute approximate surface area is 197 Å². The van der Waals surface area contributed by atoms with Gasteiger partial charge in [-0.1, -0.05) is 18.2 Å². The van der Waals surface area contributed by atoms with E-state index in [1.807, 2.05) is 66.7 Å². The van der Waals surface area contributed by atoms with Crippen LogP contribution in [-0.2, 0) is 19.2 Å².